The molecule has 0 heterocycles. The first-order valence-electron chi connectivity index (χ1n) is 4.63. The molecule has 0 spiro atoms. The van der Waals surface area contributed by atoms with Crippen LogP contribution in [0.4, 0.5) is 8.78 Å². The van der Waals surface area contributed by atoms with E-state index in [0.29, 0.717) is 6.42 Å². The number of hydrogen-bond acceptors (Lipinski definition) is 2. The van der Waals surface area contributed by atoms with Gasteiger partial charge in [0.25, 0.3) is 0 Å². The number of carbonyl (C=O) groups is 1. The maximum absolute atomic E-state index is 13.1. The van der Waals surface area contributed by atoms with Gasteiger partial charge in [0.1, 0.15) is 5.60 Å². The number of alkyl halides is 2. The smallest absolute Gasteiger partial charge is 0.377 e. The Kier molecular flexibility index (Phi) is 2.81. The minimum Gasteiger partial charge on any atom is -0.477 e. The fourth-order valence-corrected chi connectivity index (χ4v) is 2.01. The lowest BCUT2D eigenvalue weighted by molar-refractivity contribution is -0.219. The molecule has 3 nitrogen and oxygen atoms in total. The molecule has 0 saturated heterocycles. The first-order chi connectivity index (χ1) is 6.29. The van der Waals surface area contributed by atoms with Crippen molar-refractivity contribution in [2.75, 3.05) is 0 Å². The molecule has 2 atom stereocenters. The largest absolute Gasteiger partial charge is 0.477 e. The zero-order valence-corrected chi connectivity index (χ0v) is 7.96. The van der Waals surface area contributed by atoms with Crippen LogP contribution in [0.3, 0.4) is 0 Å². The standard InChI is InChI=1S/C9H14F2O3/c1-6-3-2-4-8(14,5-6)9(10,11)7(12)13/h6,14H,2-5H2,1H3,(H,12,13). The van der Waals surface area contributed by atoms with E-state index in [4.69, 9.17) is 5.11 Å². The molecule has 0 bridgehead atoms. The lowest BCUT2D eigenvalue weighted by atomic mass is 9.75. The van der Waals surface area contributed by atoms with Gasteiger partial charge in [-0.1, -0.05) is 19.8 Å². The van der Waals surface area contributed by atoms with Crippen LogP contribution in [-0.4, -0.2) is 27.7 Å². The van der Waals surface area contributed by atoms with Gasteiger partial charge >= 0.3 is 11.9 Å². The molecule has 2 unspecified atom stereocenters. The Labute approximate surface area is 80.7 Å². The van der Waals surface area contributed by atoms with Crippen molar-refractivity contribution in [1.29, 1.82) is 0 Å². The van der Waals surface area contributed by atoms with Gasteiger partial charge in [-0.15, -0.1) is 0 Å². The zero-order chi connectivity index (χ0) is 11.0. The summed E-state index contributed by atoms with van der Waals surface area (Å²) in [5, 5.41) is 17.9. The molecule has 0 radical (unpaired) electrons. The summed E-state index contributed by atoms with van der Waals surface area (Å²) in [6.07, 6.45) is 0.918. The average Bonchev–Trinajstić information content (AvgIpc) is 2.03. The van der Waals surface area contributed by atoms with Gasteiger partial charge in [-0.05, 0) is 18.8 Å². The van der Waals surface area contributed by atoms with Gasteiger partial charge in [-0.25, -0.2) is 4.79 Å². The van der Waals surface area contributed by atoms with E-state index in [0.717, 1.165) is 6.42 Å². The first-order valence-corrected chi connectivity index (χ1v) is 4.63. The van der Waals surface area contributed by atoms with Crippen LogP contribution >= 0.6 is 0 Å². The van der Waals surface area contributed by atoms with E-state index in [1.807, 2.05) is 0 Å². The Hall–Kier alpha value is -0.710. The zero-order valence-electron chi connectivity index (χ0n) is 7.96. The number of aliphatic carboxylic acids is 1. The van der Waals surface area contributed by atoms with Crippen molar-refractivity contribution in [3.63, 3.8) is 0 Å². The number of carboxylic acids is 1. The lowest BCUT2D eigenvalue weighted by Gasteiger charge is -2.38. The van der Waals surface area contributed by atoms with Crippen molar-refractivity contribution in [2.24, 2.45) is 5.92 Å². The van der Waals surface area contributed by atoms with Gasteiger partial charge in [0.2, 0.25) is 0 Å². The predicted molar refractivity (Wildman–Crippen MR) is 45.2 cm³/mol. The van der Waals surface area contributed by atoms with E-state index in [9.17, 15) is 18.7 Å². The van der Waals surface area contributed by atoms with E-state index in [-0.39, 0.29) is 18.8 Å². The van der Waals surface area contributed by atoms with Crippen molar-refractivity contribution in [3.8, 4) is 0 Å². The Balaban J connectivity index is 2.87. The highest BCUT2D eigenvalue weighted by atomic mass is 19.3. The first kappa shape index (κ1) is 11.4. The van der Waals surface area contributed by atoms with Crippen LogP contribution in [0.5, 0.6) is 0 Å². The van der Waals surface area contributed by atoms with Gasteiger partial charge in [0.15, 0.2) is 0 Å². The number of halogens is 2. The van der Waals surface area contributed by atoms with Crippen LogP contribution in [0.15, 0.2) is 0 Å². The Morgan fingerprint density at radius 1 is 1.57 bits per heavy atom. The molecular weight excluding hydrogens is 194 g/mol. The molecule has 1 saturated carbocycles. The molecule has 0 aromatic rings. The summed E-state index contributed by atoms with van der Waals surface area (Å²) in [4.78, 5) is 10.3. The molecule has 1 aliphatic carbocycles. The normalized spacial score (nSPS) is 34.1. The Bertz CT molecular complexity index is 242. The third-order valence-electron chi connectivity index (χ3n) is 2.83. The van der Waals surface area contributed by atoms with E-state index in [1.54, 1.807) is 6.92 Å². The summed E-state index contributed by atoms with van der Waals surface area (Å²) in [5.41, 5.74) is -2.36. The minimum atomic E-state index is -4.04. The van der Waals surface area contributed by atoms with Crippen LogP contribution in [-0.2, 0) is 4.79 Å². The van der Waals surface area contributed by atoms with Crippen LogP contribution in [0.2, 0.25) is 0 Å². The highest BCUT2D eigenvalue weighted by Gasteiger charge is 2.59. The predicted octanol–water partition coefficient (Wildman–Crippen LogP) is 1.65. The fourth-order valence-electron chi connectivity index (χ4n) is 2.01. The third kappa shape index (κ3) is 1.73. The van der Waals surface area contributed by atoms with Gasteiger partial charge in [-0.3, -0.25) is 0 Å². The van der Waals surface area contributed by atoms with Gasteiger partial charge < -0.3 is 10.2 Å². The summed E-state index contributed by atoms with van der Waals surface area (Å²) in [7, 11) is 0. The minimum absolute atomic E-state index is 0.0565. The molecule has 0 aromatic carbocycles. The SMILES string of the molecule is CC1CCCC(O)(C(F)(F)C(=O)O)C1. The quantitative estimate of drug-likeness (QED) is 0.725. The number of carboxylic acid groups (broad SMARTS) is 1. The second-order valence-electron chi connectivity index (χ2n) is 4.11. The topological polar surface area (TPSA) is 57.5 Å². The van der Waals surface area contributed by atoms with Crippen LogP contribution in [0.1, 0.15) is 32.6 Å². The summed E-state index contributed by atoms with van der Waals surface area (Å²) in [6.45, 7) is 1.74. The monoisotopic (exact) mass is 208 g/mol. The molecule has 82 valence electrons. The Morgan fingerprint density at radius 3 is 2.57 bits per heavy atom. The highest BCUT2D eigenvalue weighted by molar-refractivity contribution is 5.77. The molecule has 5 heteroatoms. The molecule has 1 fully saturated rings. The number of hydrogen-bond donors (Lipinski definition) is 2. The molecular formula is C9H14F2O3. The summed E-state index contributed by atoms with van der Waals surface area (Å²) >= 11 is 0. The van der Waals surface area contributed by atoms with Crippen LogP contribution < -0.4 is 0 Å². The number of aliphatic hydroxyl groups is 1. The lowest BCUT2D eigenvalue weighted by Crippen LogP contribution is -2.55. The van der Waals surface area contributed by atoms with Crippen LogP contribution in [0, 0.1) is 5.92 Å². The second kappa shape index (κ2) is 3.46. The molecule has 0 amide bonds. The molecule has 1 rings (SSSR count). The second-order valence-corrected chi connectivity index (χ2v) is 4.11. The van der Waals surface area contributed by atoms with E-state index in [1.165, 1.54) is 0 Å². The summed E-state index contributed by atoms with van der Waals surface area (Å²) in [5.74, 6) is -6.34. The van der Waals surface area contributed by atoms with E-state index < -0.39 is 17.5 Å². The highest BCUT2D eigenvalue weighted by Crippen LogP contribution is 2.42. The molecule has 14 heavy (non-hydrogen) atoms. The summed E-state index contributed by atoms with van der Waals surface area (Å²) in [6, 6.07) is 0. The van der Waals surface area contributed by atoms with Gasteiger partial charge in [0.05, 0.1) is 0 Å². The average molecular weight is 208 g/mol. The molecule has 0 aliphatic heterocycles. The maximum Gasteiger partial charge on any atom is 0.377 e. The fraction of sp³-hybridized carbons (Fsp3) is 0.889. The molecule has 0 aromatic heterocycles. The summed E-state index contributed by atoms with van der Waals surface area (Å²) < 4.78 is 26.3. The van der Waals surface area contributed by atoms with E-state index in [2.05, 4.69) is 0 Å². The van der Waals surface area contributed by atoms with Gasteiger partial charge in [0, 0.05) is 0 Å². The van der Waals surface area contributed by atoms with Gasteiger partial charge in [-0.2, -0.15) is 8.78 Å². The molecule has 1 aliphatic rings. The molecule has 2 N–H and O–H groups in total. The Morgan fingerprint density at radius 2 is 2.14 bits per heavy atom. The maximum atomic E-state index is 13.1. The third-order valence-corrected chi connectivity index (χ3v) is 2.83. The van der Waals surface area contributed by atoms with Crippen molar-refractivity contribution in [2.45, 2.75) is 44.1 Å². The van der Waals surface area contributed by atoms with Crippen molar-refractivity contribution in [3.05, 3.63) is 0 Å². The van der Waals surface area contributed by atoms with Crippen molar-refractivity contribution >= 4 is 5.97 Å². The van der Waals surface area contributed by atoms with Crippen molar-refractivity contribution < 1.29 is 23.8 Å². The number of rotatable bonds is 2. The van der Waals surface area contributed by atoms with E-state index >= 15 is 0 Å². The van der Waals surface area contributed by atoms with Crippen molar-refractivity contribution in [1.82, 2.24) is 0 Å². The van der Waals surface area contributed by atoms with Crippen LogP contribution in [0.25, 0.3) is 0 Å².